The van der Waals surface area contributed by atoms with Crippen LogP contribution in [0.25, 0.3) is 0 Å². The number of quaternary nitrogens is 1. The standard InChI is InChI=1S/C12H24N2/c1-10(5-4-6-13(2)3)8-14-9-11-7-12(11)14/h10-12H,4-9H2,1-3H3/p+1. The van der Waals surface area contributed by atoms with Crippen LogP contribution in [0.3, 0.4) is 0 Å². The molecule has 1 saturated heterocycles. The van der Waals surface area contributed by atoms with Crippen LogP contribution in [0, 0.1) is 11.8 Å². The van der Waals surface area contributed by atoms with Crippen molar-refractivity contribution in [1.82, 2.24) is 4.90 Å². The number of hydrogen-bond donors (Lipinski definition) is 1. The first kappa shape index (κ1) is 10.4. The monoisotopic (exact) mass is 197 g/mol. The van der Waals surface area contributed by atoms with Crippen LogP contribution in [0.4, 0.5) is 0 Å². The van der Waals surface area contributed by atoms with E-state index >= 15 is 0 Å². The van der Waals surface area contributed by atoms with E-state index in [0.717, 1.165) is 17.9 Å². The highest BCUT2D eigenvalue weighted by molar-refractivity contribution is 5.06. The molecular formula is C12H25N2+. The Bertz CT molecular complexity index is 191. The van der Waals surface area contributed by atoms with Gasteiger partial charge in [0.25, 0.3) is 0 Å². The molecule has 2 heteroatoms. The molecule has 0 bridgehead atoms. The molecule has 1 heterocycles. The lowest BCUT2D eigenvalue weighted by Crippen LogP contribution is -3.05. The van der Waals surface area contributed by atoms with Gasteiger partial charge >= 0.3 is 0 Å². The fourth-order valence-corrected chi connectivity index (χ4v) is 2.68. The van der Waals surface area contributed by atoms with Gasteiger partial charge in [0.05, 0.1) is 20.6 Å². The topological polar surface area (TPSA) is 7.68 Å². The third kappa shape index (κ3) is 2.48. The summed E-state index contributed by atoms with van der Waals surface area (Å²) in [6.07, 6.45) is 4.32. The Morgan fingerprint density at radius 1 is 1.43 bits per heavy atom. The average molecular weight is 197 g/mol. The molecule has 1 saturated carbocycles. The van der Waals surface area contributed by atoms with Crippen LogP contribution in [0.2, 0.25) is 0 Å². The van der Waals surface area contributed by atoms with Crippen molar-refractivity contribution in [2.24, 2.45) is 11.8 Å². The molecule has 1 N–H and O–H groups in total. The van der Waals surface area contributed by atoms with E-state index in [0.29, 0.717) is 0 Å². The first-order valence-electron chi connectivity index (χ1n) is 6.20. The van der Waals surface area contributed by atoms with Gasteiger partial charge in [0, 0.05) is 19.1 Å². The maximum Gasteiger partial charge on any atom is 0.0766 e. The highest BCUT2D eigenvalue weighted by atomic mass is 15.3. The summed E-state index contributed by atoms with van der Waals surface area (Å²) in [6.45, 7) is 6.52. The van der Waals surface area contributed by atoms with Gasteiger partial charge in [0.15, 0.2) is 0 Å². The van der Waals surface area contributed by atoms with Crippen molar-refractivity contribution in [2.75, 3.05) is 33.7 Å². The lowest BCUT2D eigenvalue weighted by atomic mass is 10.0. The van der Waals surface area contributed by atoms with E-state index in [1.165, 1.54) is 38.9 Å². The molecule has 0 amide bonds. The van der Waals surface area contributed by atoms with Crippen molar-refractivity contribution in [3.8, 4) is 0 Å². The highest BCUT2D eigenvalue weighted by Crippen LogP contribution is 2.46. The normalized spacial score (nSPS) is 32.6. The third-order valence-electron chi connectivity index (χ3n) is 3.74. The molecule has 3 unspecified atom stereocenters. The van der Waals surface area contributed by atoms with Crippen LogP contribution in [0.5, 0.6) is 0 Å². The largest absolute Gasteiger partial charge is 0.340 e. The Morgan fingerprint density at radius 2 is 2.21 bits per heavy atom. The lowest BCUT2D eigenvalue weighted by Gasteiger charge is -2.32. The molecule has 0 spiro atoms. The Hall–Kier alpha value is -0.0800. The zero-order valence-corrected chi connectivity index (χ0v) is 9.92. The number of nitrogens with zero attached hydrogens (tertiary/aromatic N) is 1. The zero-order valence-electron chi connectivity index (χ0n) is 9.92. The van der Waals surface area contributed by atoms with Gasteiger partial charge < -0.3 is 4.90 Å². The molecule has 1 aliphatic carbocycles. The predicted octanol–water partition coefficient (Wildman–Crippen LogP) is 0.251. The maximum absolute atomic E-state index is 2.69. The first-order chi connectivity index (χ1) is 6.66. The summed E-state index contributed by atoms with van der Waals surface area (Å²) in [6, 6.07) is 1.02. The van der Waals surface area contributed by atoms with Crippen LogP contribution in [0.15, 0.2) is 0 Å². The second kappa shape index (κ2) is 4.19. The van der Waals surface area contributed by atoms with Gasteiger partial charge in [-0.3, -0.25) is 4.90 Å². The van der Waals surface area contributed by atoms with Gasteiger partial charge in [0.1, 0.15) is 0 Å². The van der Waals surface area contributed by atoms with Crippen molar-refractivity contribution in [1.29, 1.82) is 0 Å². The van der Waals surface area contributed by atoms with E-state index in [1.807, 2.05) is 0 Å². The minimum absolute atomic E-state index is 0.913. The molecule has 82 valence electrons. The fourth-order valence-electron chi connectivity index (χ4n) is 2.68. The summed E-state index contributed by atoms with van der Waals surface area (Å²) >= 11 is 0. The van der Waals surface area contributed by atoms with E-state index in [9.17, 15) is 0 Å². The van der Waals surface area contributed by atoms with Crippen LogP contribution in [-0.2, 0) is 0 Å². The van der Waals surface area contributed by atoms with Gasteiger partial charge in [-0.2, -0.15) is 0 Å². The smallest absolute Gasteiger partial charge is 0.0766 e. The minimum atomic E-state index is 0.913. The third-order valence-corrected chi connectivity index (χ3v) is 3.74. The maximum atomic E-state index is 2.69. The summed E-state index contributed by atoms with van der Waals surface area (Å²) in [5.74, 6) is 2.03. The van der Waals surface area contributed by atoms with Crippen LogP contribution < -0.4 is 4.90 Å². The molecule has 1 aliphatic heterocycles. The van der Waals surface area contributed by atoms with Crippen molar-refractivity contribution >= 4 is 0 Å². The van der Waals surface area contributed by atoms with Gasteiger partial charge in [0.2, 0.25) is 0 Å². The van der Waals surface area contributed by atoms with E-state index in [-0.39, 0.29) is 0 Å². The second-order valence-corrected chi connectivity index (χ2v) is 5.72. The van der Waals surface area contributed by atoms with Gasteiger partial charge in [-0.25, -0.2) is 0 Å². The highest BCUT2D eigenvalue weighted by Gasteiger charge is 2.51. The quantitative estimate of drug-likeness (QED) is 0.641. The Morgan fingerprint density at radius 3 is 2.71 bits per heavy atom. The van der Waals surface area contributed by atoms with Crippen LogP contribution in [0.1, 0.15) is 26.2 Å². The molecule has 2 rings (SSSR count). The van der Waals surface area contributed by atoms with Crippen molar-refractivity contribution in [3.05, 3.63) is 0 Å². The van der Waals surface area contributed by atoms with Crippen molar-refractivity contribution in [2.45, 2.75) is 32.2 Å². The number of nitrogens with one attached hydrogen (secondary N) is 1. The van der Waals surface area contributed by atoms with E-state index in [4.69, 9.17) is 0 Å². The predicted molar refractivity (Wildman–Crippen MR) is 59.5 cm³/mol. The molecule has 14 heavy (non-hydrogen) atoms. The van der Waals surface area contributed by atoms with Gasteiger partial charge in [-0.1, -0.05) is 6.92 Å². The Balaban J connectivity index is 1.52. The molecule has 0 radical (unpaired) electrons. The summed E-state index contributed by atoms with van der Waals surface area (Å²) in [4.78, 5) is 4.28. The van der Waals surface area contributed by atoms with Gasteiger partial charge in [-0.05, 0) is 31.1 Å². The summed E-state index contributed by atoms with van der Waals surface area (Å²) < 4.78 is 0. The molecule has 0 aromatic carbocycles. The molecule has 3 atom stereocenters. The van der Waals surface area contributed by atoms with E-state index in [1.54, 1.807) is 4.90 Å². The summed E-state index contributed by atoms with van der Waals surface area (Å²) in [5, 5.41) is 0. The lowest BCUT2D eigenvalue weighted by molar-refractivity contribution is -0.858. The number of fused-ring (bicyclic) bond motifs is 1. The molecule has 2 fully saturated rings. The minimum Gasteiger partial charge on any atom is -0.340 e. The average Bonchev–Trinajstić information content (AvgIpc) is 2.72. The van der Waals surface area contributed by atoms with Gasteiger partial charge in [-0.15, -0.1) is 0 Å². The van der Waals surface area contributed by atoms with Crippen LogP contribution in [-0.4, -0.2) is 44.7 Å². The fraction of sp³-hybridized carbons (Fsp3) is 1.00. The van der Waals surface area contributed by atoms with Crippen LogP contribution >= 0.6 is 0 Å². The molecule has 0 aromatic heterocycles. The molecular weight excluding hydrogens is 172 g/mol. The SMILES string of the molecule is CC(CCC[NH+](C)C)CN1CC2CC21. The van der Waals surface area contributed by atoms with E-state index in [2.05, 4.69) is 25.9 Å². The summed E-state index contributed by atoms with van der Waals surface area (Å²) in [7, 11) is 4.49. The summed E-state index contributed by atoms with van der Waals surface area (Å²) in [5.41, 5.74) is 0. The zero-order chi connectivity index (χ0) is 10.1. The Labute approximate surface area is 88.3 Å². The van der Waals surface area contributed by atoms with Crippen molar-refractivity contribution < 1.29 is 4.90 Å². The number of rotatable bonds is 6. The van der Waals surface area contributed by atoms with E-state index < -0.39 is 0 Å². The molecule has 0 aromatic rings. The first-order valence-corrected chi connectivity index (χ1v) is 6.20. The molecule has 2 aliphatic rings. The number of hydrogen-bond acceptors (Lipinski definition) is 1. The Kier molecular flexibility index (Phi) is 3.13. The second-order valence-electron chi connectivity index (χ2n) is 5.72. The molecule has 2 nitrogen and oxygen atoms in total. The van der Waals surface area contributed by atoms with Crippen molar-refractivity contribution in [3.63, 3.8) is 0 Å². The number of likely N-dealkylation sites (tertiary alicyclic amines) is 1.